The lowest BCUT2D eigenvalue weighted by molar-refractivity contribution is -0.121. The Morgan fingerprint density at radius 2 is 2.29 bits per heavy atom. The van der Waals surface area contributed by atoms with Gasteiger partial charge in [0.25, 0.3) is 0 Å². The minimum atomic E-state index is -1.33. The quantitative estimate of drug-likeness (QED) is 0.707. The standard InChI is InChI=1S/C16H25N5O3/c1-4-6-20-16(7-22)13(23)11(5-2)15(24-16)21-9-19-12-10(3)17-8-18-14(12)21/h6,8-11,13,15,22-23H,4-5,7H2,1-3H3,(H,17,18)/t10?,11-,13-,15+,16+/m0/s1. The lowest BCUT2D eigenvalue weighted by Crippen LogP contribution is -2.43. The monoisotopic (exact) mass is 335 g/mol. The summed E-state index contributed by atoms with van der Waals surface area (Å²) in [6.45, 7) is 5.53. The Balaban J connectivity index is 1.98. The number of hydrogen-bond acceptors (Lipinski definition) is 7. The van der Waals surface area contributed by atoms with Crippen LogP contribution in [0.2, 0.25) is 0 Å². The Labute approximate surface area is 141 Å². The van der Waals surface area contributed by atoms with E-state index in [0.29, 0.717) is 12.8 Å². The van der Waals surface area contributed by atoms with Gasteiger partial charge in [0, 0.05) is 12.1 Å². The van der Waals surface area contributed by atoms with Gasteiger partial charge in [0.05, 0.1) is 25.3 Å². The molecule has 8 heteroatoms. The highest BCUT2D eigenvalue weighted by molar-refractivity contribution is 5.78. The predicted octanol–water partition coefficient (Wildman–Crippen LogP) is 1.48. The molecule has 1 fully saturated rings. The second-order valence-electron chi connectivity index (χ2n) is 6.23. The molecule has 8 nitrogen and oxygen atoms in total. The molecule has 24 heavy (non-hydrogen) atoms. The maximum absolute atomic E-state index is 10.8. The van der Waals surface area contributed by atoms with Gasteiger partial charge in [0.2, 0.25) is 5.72 Å². The van der Waals surface area contributed by atoms with E-state index in [-0.39, 0.29) is 18.6 Å². The molecular formula is C16H25N5O3. The molecule has 3 heterocycles. The number of nitrogens with one attached hydrogen (secondary N) is 1. The molecule has 2 aliphatic heterocycles. The topological polar surface area (TPSA) is 104 Å². The maximum Gasteiger partial charge on any atom is 0.209 e. The molecule has 132 valence electrons. The zero-order valence-electron chi connectivity index (χ0n) is 14.3. The zero-order chi connectivity index (χ0) is 17.3. The normalized spacial score (nSPS) is 35.4. The van der Waals surface area contributed by atoms with Gasteiger partial charge in [-0.3, -0.25) is 14.6 Å². The van der Waals surface area contributed by atoms with Crippen LogP contribution in [0, 0.1) is 5.92 Å². The van der Waals surface area contributed by atoms with Crippen molar-refractivity contribution in [3.05, 3.63) is 12.0 Å². The van der Waals surface area contributed by atoms with Gasteiger partial charge in [-0.05, 0) is 19.8 Å². The molecular weight excluding hydrogens is 310 g/mol. The first kappa shape index (κ1) is 17.1. The van der Waals surface area contributed by atoms with Crippen molar-refractivity contribution < 1.29 is 14.9 Å². The summed E-state index contributed by atoms with van der Waals surface area (Å²) in [5.74, 6) is 0.599. The van der Waals surface area contributed by atoms with Crippen LogP contribution in [0.4, 0.5) is 5.82 Å². The van der Waals surface area contributed by atoms with Crippen molar-refractivity contribution in [3.8, 4) is 0 Å². The molecule has 3 rings (SSSR count). The van der Waals surface area contributed by atoms with Crippen molar-refractivity contribution in [1.82, 2.24) is 9.55 Å². The molecule has 0 amide bonds. The average molecular weight is 335 g/mol. The second kappa shape index (κ2) is 6.62. The van der Waals surface area contributed by atoms with E-state index in [1.807, 2.05) is 25.3 Å². The molecule has 0 radical (unpaired) electrons. The van der Waals surface area contributed by atoms with Crippen molar-refractivity contribution >= 4 is 18.4 Å². The van der Waals surface area contributed by atoms with Gasteiger partial charge in [-0.25, -0.2) is 4.98 Å². The largest absolute Gasteiger partial charge is 0.391 e. The van der Waals surface area contributed by atoms with Gasteiger partial charge < -0.3 is 20.3 Å². The number of aliphatic hydroxyl groups is 2. The molecule has 0 aromatic carbocycles. The summed E-state index contributed by atoms with van der Waals surface area (Å²) in [6, 6.07) is -0.0328. The number of hydrogen-bond donors (Lipinski definition) is 3. The fraction of sp³-hybridized carbons (Fsp3) is 0.688. The number of aromatic nitrogens is 2. The maximum atomic E-state index is 10.8. The third kappa shape index (κ3) is 2.54. The second-order valence-corrected chi connectivity index (χ2v) is 6.23. The Hall–Kier alpha value is -1.77. The first-order chi connectivity index (χ1) is 11.6. The highest BCUT2D eigenvalue weighted by atomic mass is 16.6. The Bertz CT molecular complexity index is 644. The van der Waals surface area contributed by atoms with Crippen molar-refractivity contribution in [1.29, 1.82) is 0 Å². The van der Waals surface area contributed by atoms with Crippen LogP contribution in [0.5, 0.6) is 0 Å². The minimum absolute atomic E-state index is 0.0328. The number of ether oxygens (including phenoxy) is 1. The molecule has 1 saturated heterocycles. The fourth-order valence-electron chi connectivity index (χ4n) is 3.37. The van der Waals surface area contributed by atoms with Crippen molar-refractivity contribution in [3.63, 3.8) is 0 Å². The number of imidazole rings is 1. The summed E-state index contributed by atoms with van der Waals surface area (Å²) in [4.78, 5) is 13.1. The van der Waals surface area contributed by atoms with Gasteiger partial charge in [-0.15, -0.1) is 0 Å². The van der Waals surface area contributed by atoms with E-state index in [4.69, 9.17) is 4.74 Å². The van der Waals surface area contributed by atoms with Gasteiger partial charge in [-0.2, -0.15) is 0 Å². The van der Waals surface area contributed by atoms with Crippen LogP contribution in [0.25, 0.3) is 0 Å². The summed E-state index contributed by atoms with van der Waals surface area (Å²) in [6.07, 6.45) is 5.04. The van der Waals surface area contributed by atoms with Gasteiger partial charge in [-0.1, -0.05) is 13.8 Å². The smallest absolute Gasteiger partial charge is 0.209 e. The highest BCUT2D eigenvalue weighted by Gasteiger charge is 2.54. The first-order valence-electron chi connectivity index (χ1n) is 8.43. The molecule has 1 unspecified atom stereocenters. The Morgan fingerprint density at radius 1 is 1.50 bits per heavy atom. The van der Waals surface area contributed by atoms with E-state index < -0.39 is 18.1 Å². The molecule has 0 aliphatic carbocycles. The number of aliphatic hydroxyl groups excluding tert-OH is 2. The molecule has 5 atom stereocenters. The lowest BCUT2D eigenvalue weighted by Gasteiger charge is -2.26. The third-order valence-corrected chi connectivity index (χ3v) is 4.74. The SMILES string of the molecule is CCC=N[C@]1(CO)O[C@@H](n2cnc3c2NC=NC3C)[C@@H](CC)[C@@H]1O. The van der Waals surface area contributed by atoms with Crippen LogP contribution in [-0.2, 0) is 4.74 Å². The fourth-order valence-corrected chi connectivity index (χ4v) is 3.37. The van der Waals surface area contributed by atoms with Gasteiger partial charge in [0.15, 0.2) is 0 Å². The van der Waals surface area contributed by atoms with E-state index in [1.165, 1.54) is 0 Å². The highest BCUT2D eigenvalue weighted by Crippen LogP contribution is 2.45. The van der Waals surface area contributed by atoms with Gasteiger partial charge in [0.1, 0.15) is 23.8 Å². The molecule has 0 spiro atoms. The van der Waals surface area contributed by atoms with Crippen molar-refractivity contribution in [2.75, 3.05) is 11.9 Å². The van der Waals surface area contributed by atoms with Crippen LogP contribution in [0.15, 0.2) is 16.3 Å². The summed E-state index contributed by atoms with van der Waals surface area (Å²) in [5.41, 5.74) is -0.489. The molecule has 0 saturated carbocycles. The number of aliphatic imine (C=N–C) groups is 2. The van der Waals surface area contributed by atoms with Crippen LogP contribution in [-0.4, -0.2) is 50.8 Å². The summed E-state index contributed by atoms with van der Waals surface area (Å²) >= 11 is 0. The van der Waals surface area contributed by atoms with Crippen LogP contribution < -0.4 is 5.32 Å². The van der Waals surface area contributed by atoms with Crippen LogP contribution in [0.1, 0.15) is 51.6 Å². The molecule has 0 bridgehead atoms. The number of fused-ring (bicyclic) bond motifs is 1. The van der Waals surface area contributed by atoms with E-state index in [9.17, 15) is 10.2 Å². The summed E-state index contributed by atoms with van der Waals surface area (Å²) in [7, 11) is 0. The molecule has 1 aromatic heterocycles. The van der Waals surface area contributed by atoms with E-state index >= 15 is 0 Å². The zero-order valence-corrected chi connectivity index (χ0v) is 14.3. The molecule has 1 aromatic rings. The van der Waals surface area contributed by atoms with Crippen molar-refractivity contribution in [2.45, 2.75) is 57.7 Å². The summed E-state index contributed by atoms with van der Waals surface area (Å²) in [5, 5.41) is 23.7. The number of anilines is 1. The third-order valence-electron chi connectivity index (χ3n) is 4.74. The van der Waals surface area contributed by atoms with E-state index in [0.717, 1.165) is 11.5 Å². The van der Waals surface area contributed by atoms with E-state index in [1.54, 1.807) is 18.9 Å². The molecule has 3 N–H and O–H groups in total. The molecule has 2 aliphatic rings. The van der Waals surface area contributed by atoms with E-state index in [2.05, 4.69) is 20.3 Å². The first-order valence-corrected chi connectivity index (χ1v) is 8.43. The average Bonchev–Trinajstić information content (AvgIpc) is 3.13. The predicted molar refractivity (Wildman–Crippen MR) is 91.3 cm³/mol. The minimum Gasteiger partial charge on any atom is -0.391 e. The lowest BCUT2D eigenvalue weighted by atomic mass is 9.94. The van der Waals surface area contributed by atoms with Crippen molar-refractivity contribution in [2.24, 2.45) is 15.9 Å². The summed E-state index contributed by atoms with van der Waals surface area (Å²) < 4.78 is 7.97. The van der Waals surface area contributed by atoms with Gasteiger partial charge >= 0.3 is 0 Å². The number of nitrogens with zero attached hydrogens (tertiary/aromatic N) is 4. The number of rotatable bonds is 5. The van der Waals surface area contributed by atoms with Crippen LogP contribution >= 0.6 is 0 Å². The Kier molecular flexibility index (Phi) is 4.71. The van der Waals surface area contributed by atoms with Crippen LogP contribution in [0.3, 0.4) is 0 Å². The Morgan fingerprint density at radius 3 is 2.96 bits per heavy atom.